The molecule has 0 unspecified atom stereocenters. The minimum atomic E-state index is -1.08. The van der Waals surface area contributed by atoms with Gasteiger partial charge in [-0.1, -0.05) is 42.5 Å². The second-order valence-electron chi connectivity index (χ2n) is 6.87. The molecule has 0 aliphatic rings. The average molecular weight is 431 g/mol. The van der Waals surface area contributed by atoms with Crippen molar-refractivity contribution in [3.05, 3.63) is 107 Å². The number of anilines is 1. The Balaban J connectivity index is 1.51. The average Bonchev–Trinajstić information content (AvgIpc) is 2.78. The molecule has 0 atom stereocenters. The molecule has 154 valence electrons. The molecule has 4 aromatic carbocycles. The molecule has 0 spiro atoms. The Labute approximate surface area is 182 Å². The van der Waals surface area contributed by atoms with E-state index in [-0.39, 0.29) is 17.3 Å². The van der Waals surface area contributed by atoms with Crippen LogP contribution in [-0.4, -0.2) is 17.0 Å². The van der Waals surface area contributed by atoms with Crippen LogP contribution in [0.15, 0.2) is 89.8 Å². The van der Waals surface area contributed by atoms with Gasteiger partial charge in [0.25, 0.3) is 5.91 Å². The van der Waals surface area contributed by atoms with Gasteiger partial charge in [0.15, 0.2) is 0 Å². The maximum Gasteiger partial charge on any atom is 0.336 e. The summed E-state index contributed by atoms with van der Waals surface area (Å²) < 4.78 is 13.8. The molecular formula is C25H18FNO3S. The molecule has 6 heteroatoms. The number of carbonyl (C=O) groups is 2. The molecular weight excluding hydrogens is 413 g/mol. The highest BCUT2D eigenvalue weighted by molar-refractivity contribution is 7.98. The number of rotatable bonds is 6. The van der Waals surface area contributed by atoms with E-state index in [4.69, 9.17) is 0 Å². The van der Waals surface area contributed by atoms with Crippen LogP contribution < -0.4 is 5.32 Å². The summed E-state index contributed by atoms with van der Waals surface area (Å²) in [4.78, 5) is 25.4. The topological polar surface area (TPSA) is 66.4 Å². The molecule has 4 rings (SSSR count). The molecule has 0 bridgehead atoms. The SMILES string of the molecule is O=C(O)c1cccc2cccc(C(=O)Nc3ccc(SCc4ccccc4F)cc3)c12. The second-order valence-corrected chi connectivity index (χ2v) is 7.92. The summed E-state index contributed by atoms with van der Waals surface area (Å²) >= 11 is 1.50. The number of carboxylic acid groups (broad SMARTS) is 1. The molecule has 0 radical (unpaired) electrons. The van der Waals surface area contributed by atoms with E-state index in [0.29, 0.717) is 33.3 Å². The van der Waals surface area contributed by atoms with Crippen molar-refractivity contribution in [1.29, 1.82) is 0 Å². The Morgan fingerprint density at radius 1 is 0.839 bits per heavy atom. The Bertz CT molecular complexity index is 1270. The molecule has 2 N–H and O–H groups in total. The van der Waals surface area contributed by atoms with E-state index in [2.05, 4.69) is 5.32 Å². The van der Waals surface area contributed by atoms with Crippen LogP contribution >= 0.6 is 11.8 Å². The van der Waals surface area contributed by atoms with Crippen molar-refractivity contribution in [1.82, 2.24) is 0 Å². The van der Waals surface area contributed by atoms with Crippen molar-refractivity contribution >= 4 is 40.1 Å². The third-order valence-corrected chi connectivity index (χ3v) is 5.90. The summed E-state index contributed by atoms with van der Waals surface area (Å²) in [5.41, 5.74) is 1.61. The van der Waals surface area contributed by atoms with E-state index in [0.717, 1.165) is 4.90 Å². The van der Waals surface area contributed by atoms with Gasteiger partial charge >= 0.3 is 5.97 Å². The van der Waals surface area contributed by atoms with Crippen molar-refractivity contribution in [3.8, 4) is 0 Å². The molecule has 31 heavy (non-hydrogen) atoms. The highest BCUT2D eigenvalue weighted by Gasteiger charge is 2.16. The van der Waals surface area contributed by atoms with Gasteiger partial charge in [0.1, 0.15) is 5.82 Å². The van der Waals surface area contributed by atoms with Crippen molar-refractivity contribution in [3.63, 3.8) is 0 Å². The molecule has 4 nitrogen and oxygen atoms in total. The zero-order valence-corrected chi connectivity index (χ0v) is 17.2. The Kier molecular flexibility index (Phi) is 6.00. The standard InChI is InChI=1S/C25H18FNO3S/c26-22-10-2-1-5-17(22)15-31-19-13-11-18(12-14-19)27-24(28)20-8-3-6-16-7-4-9-21(23(16)20)25(29)30/h1-14H,15H2,(H,27,28)(H,29,30). The monoisotopic (exact) mass is 431 g/mol. The molecule has 0 heterocycles. The number of fused-ring (bicyclic) bond motifs is 1. The van der Waals surface area contributed by atoms with E-state index < -0.39 is 5.97 Å². The molecule has 0 aliphatic carbocycles. The summed E-state index contributed by atoms with van der Waals surface area (Å²) in [5.74, 6) is -1.19. The number of benzene rings is 4. The van der Waals surface area contributed by atoms with Gasteiger partial charge in [-0.3, -0.25) is 4.79 Å². The lowest BCUT2D eigenvalue weighted by molar-refractivity contribution is 0.0699. The molecule has 0 saturated heterocycles. The van der Waals surface area contributed by atoms with Gasteiger partial charge in [-0.25, -0.2) is 9.18 Å². The minimum Gasteiger partial charge on any atom is -0.478 e. The fourth-order valence-electron chi connectivity index (χ4n) is 3.32. The van der Waals surface area contributed by atoms with Crippen LogP contribution in [0.2, 0.25) is 0 Å². The molecule has 0 aromatic heterocycles. The van der Waals surface area contributed by atoms with E-state index in [1.54, 1.807) is 60.7 Å². The van der Waals surface area contributed by atoms with Crippen LogP contribution in [0.1, 0.15) is 26.3 Å². The van der Waals surface area contributed by atoms with Crippen LogP contribution in [0, 0.1) is 5.82 Å². The smallest absolute Gasteiger partial charge is 0.336 e. The molecule has 0 fully saturated rings. The summed E-state index contributed by atoms with van der Waals surface area (Å²) in [6.45, 7) is 0. The number of carbonyl (C=O) groups excluding carboxylic acids is 1. The van der Waals surface area contributed by atoms with Gasteiger partial charge in [-0.05, 0) is 53.4 Å². The van der Waals surface area contributed by atoms with E-state index in [9.17, 15) is 19.1 Å². The first-order chi connectivity index (χ1) is 15.0. The van der Waals surface area contributed by atoms with Crippen LogP contribution in [0.4, 0.5) is 10.1 Å². The third-order valence-electron chi connectivity index (χ3n) is 4.84. The lowest BCUT2D eigenvalue weighted by Gasteiger charge is -2.11. The first kappa shape index (κ1) is 20.6. The summed E-state index contributed by atoms with van der Waals surface area (Å²) in [7, 11) is 0. The van der Waals surface area contributed by atoms with Gasteiger partial charge in [0, 0.05) is 27.3 Å². The van der Waals surface area contributed by atoms with Gasteiger partial charge in [-0.2, -0.15) is 0 Å². The molecule has 4 aromatic rings. The second kappa shape index (κ2) is 9.02. The van der Waals surface area contributed by atoms with E-state index in [1.807, 2.05) is 12.1 Å². The fourth-order valence-corrected chi connectivity index (χ4v) is 4.20. The first-order valence-corrected chi connectivity index (χ1v) is 10.5. The van der Waals surface area contributed by atoms with Crippen LogP contribution in [-0.2, 0) is 5.75 Å². The van der Waals surface area contributed by atoms with Crippen LogP contribution in [0.5, 0.6) is 0 Å². The lowest BCUT2D eigenvalue weighted by Crippen LogP contribution is -2.13. The van der Waals surface area contributed by atoms with Gasteiger partial charge in [0.2, 0.25) is 0 Å². The van der Waals surface area contributed by atoms with Crippen molar-refractivity contribution in [2.45, 2.75) is 10.6 Å². The summed E-state index contributed by atoms with van der Waals surface area (Å²) in [6.07, 6.45) is 0. The molecule has 0 saturated carbocycles. The zero-order valence-electron chi connectivity index (χ0n) is 16.3. The largest absolute Gasteiger partial charge is 0.478 e. The number of hydrogen-bond donors (Lipinski definition) is 2. The lowest BCUT2D eigenvalue weighted by atomic mass is 9.98. The first-order valence-electron chi connectivity index (χ1n) is 9.55. The Morgan fingerprint density at radius 3 is 2.19 bits per heavy atom. The predicted molar refractivity (Wildman–Crippen MR) is 121 cm³/mol. The van der Waals surface area contributed by atoms with E-state index >= 15 is 0 Å². The summed E-state index contributed by atoms with van der Waals surface area (Å²) in [6, 6.07) is 24.0. The number of hydrogen-bond acceptors (Lipinski definition) is 3. The predicted octanol–water partition coefficient (Wildman–Crippen LogP) is 6.22. The quantitative estimate of drug-likeness (QED) is 0.356. The van der Waals surface area contributed by atoms with Crippen molar-refractivity contribution in [2.24, 2.45) is 0 Å². The molecule has 1 amide bonds. The third kappa shape index (κ3) is 4.59. The van der Waals surface area contributed by atoms with Gasteiger partial charge < -0.3 is 10.4 Å². The van der Waals surface area contributed by atoms with Crippen molar-refractivity contribution in [2.75, 3.05) is 5.32 Å². The minimum absolute atomic E-state index is 0.0862. The Morgan fingerprint density at radius 2 is 1.52 bits per heavy atom. The maximum absolute atomic E-state index is 13.8. The summed E-state index contributed by atoms with van der Waals surface area (Å²) in [5, 5.41) is 13.4. The maximum atomic E-state index is 13.8. The van der Waals surface area contributed by atoms with Crippen molar-refractivity contribution < 1.29 is 19.1 Å². The number of carboxylic acids is 1. The normalized spacial score (nSPS) is 10.7. The zero-order chi connectivity index (χ0) is 21.8. The van der Waals surface area contributed by atoms with E-state index in [1.165, 1.54) is 23.9 Å². The van der Waals surface area contributed by atoms with Crippen LogP contribution in [0.3, 0.4) is 0 Å². The fraction of sp³-hybridized carbons (Fsp3) is 0.0400. The molecule has 0 aliphatic heterocycles. The highest BCUT2D eigenvalue weighted by Crippen LogP contribution is 2.27. The Hall–Kier alpha value is -3.64. The number of amides is 1. The van der Waals surface area contributed by atoms with Gasteiger partial charge in [-0.15, -0.1) is 11.8 Å². The van der Waals surface area contributed by atoms with Gasteiger partial charge in [0.05, 0.1) is 5.56 Å². The number of nitrogens with one attached hydrogen (secondary N) is 1. The highest BCUT2D eigenvalue weighted by atomic mass is 32.2. The number of thioether (sulfide) groups is 1. The number of aromatic carboxylic acids is 1. The van der Waals surface area contributed by atoms with Crippen LogP contribution in [0.25, 0.3) is 10.8 Å². The number of halogens is 1.